The first-order valence-electron chi connectivity index (χ1n) is 14.9. The van der Waals surface area contributed by atoms with Gasteiger partial charge in [-0.05, 0) is 84.2 Å². The Morgan fingerprint density at radius 2 is 1.64 bits per heavy atom. The van der Waals surface area contributed by atoms with Gasteiger partial charge in [-0.3, -0.25) is 14.9 Å². The summed E-state index contributed by atoms with van der Waals surface area (Å²) in [6.07, 6.45) is 0.483. The topological polar surface area (TPSA) is 107 Å². The van der Waals surface area contributed by atoms with Crippen LogP contribution >= 0.6 is 24.0 Å². The Labute approximate surface area is 280 Å². The average Bonchev–Trinajstić information content (AvgIpc) is 3.57. The minimum atomic E-state index is -0.396. The lowest BCUT2D eigenvalue weighted by molar-refractivity contribution is -0.118. The van der Waals surface area contributed by atoms with Gasteiger partial charge in [0.05, 0.1) is 16.3 Å². The van der Waals surface area contributed by atoms with Gasteiger partial charge in [-0.2, -0.15) is 0 Å². The standard InChI is InChI=1S/C36H29N5O4S2/c1-41-31-20-27(45-26-15-11-24(12-16-26)37-35(46)39-29-8-4-6-23-5-2-3-7-28(23)29)17-18-30(31)38-33(41)21-44-25-13-9-22(10-14-25)19-32-34(42)40-36(43)47-32/h2-18,20,32H,19,21H2,1H3,(H2,37,39,46)(H,40,42,43). The van der Waals surface area contributed by atoms with Crippen LogP contribution in [0.1, 0.15) is 11.4 Å². The Bertz CT molecular complexity index is 2130. The maximum absolute atomic E-state index is 11.9. The molecule has 1 saturated heterocycles. The molecule has 2 heterocycles. The molecule has 1 unspecified atom stereocenters. The molecule has 1 aliphatic heterocycles. The van der Waals surface area contributed by atoms with E-state index in [-0.39, 0.29) is 17.8 Å². The van der Waals surface area contributed by atoms with Crippen molar-refractivity contribution in [1.29, 1.82) is 0 Å². The zero-order valence-electron chi connectivity index (χ0n) is 25.2. The third kappa shape index (κ3) is 6.91. The Hall–Kier alpha value is -5.39. The Morgan fingerprint density at radius 1 is 0.894 bits per heavy atom. The van der Waals surface area contributed by atoms with Crippen molar-refractivity contribution >= 4 is 73.4 Å². The van der Waals surface area contributed by atoms with Crippen molar-refractivity contribution in [1.82, 2.24) is 14.9 Å². The monoisotopic (exact) mass is 659 g/mol. The van der Waals surface area contributed by atoms with Crippen molar-refractivity contribution in [2.24, 2.45) is 7.05 Å². The smallest absolute Gasteiger partial charge is 0.286 e. The van der Waals surface area contributed by atoms with Crippen molar-refractivity contribution in [2.45, 2.75) is 18.3 Å². The third-order valence-corrected chi connectivity index (χ3v) is 9.00. The Morgan fingerprint density at radius 3 is 2.43 bits per heavy atom. The molecule has 0 radical (unpaired) electrons. The van der Waals surface area contributed by atoms with E-state index in [1.807, 2.05) is 103 Å². The van der Waals surface area contributed by atoms with E-state index in [1.54, 1.807) is 0 Å². The Balaban J connectivity index is 0.948. The molecule has 1 atom stereocenters. The second-order valence-corrected chi connectivity index (χ2v) is 12.6. The van der Waals surface area contributed by atoms with E-state index >= 15 is 0 Å². The molecule has 1 aromatic heterocycles. The van der Waals surface area contributed by atoms with Crippen LogP contribution < -0.4 is 25.4 Å². The highest BCUT2D eigenvalue weighted by Gasteiger charge is 2.31. The van der Waals surface area contributed by atoms with Gasteiger partial charge in [0.15, 0.2) is 5.11 Å². The molecule has 1 aliphatic rings. The zero-order valence-corrected chi connectivity index (χ0v) is 26.9. The van der Waals surface area contributed by atoms with Gasteiger partial charge in [-0.15, -0.1) is 0 Å². The molecule has 7 rings (SSSR count). The number of anilines is 2. The van der Waals surface area contributed by atoms with Gasteiger partial charge >= 0.3 is 0 Å². The highest BCUT2D eigenvalue weighted by Crippen LogP contribution is 2.29. The van der Waals surface area contributed by atoms with Crippen molar-refractivity contribution in [3.63, 3.8) is 0 Å². The summed E-state index contributed by atoms with van der Waals surface area (Å²) in [5.41, 5.74) is 4.50. The van der Waals surface area contributed by atoms with Crippen LogP contribution in [0.25, 0.3) is 21.8 Å². The second-order valence-electron chi connectivity index (χ2n) is 11.0. The van der Waals surface area contributed by atoms with E-state index in [0.29, 0.717) is 28.8 Å². The van der Waals surface area contributed by atoms with Gasteiger partial charge < -0.3 is 24.7 Å². The first-order valence-corrected chi connectivity index (χ1v) is 16.2. The molecule has 0 spiro atoms. The number of imidazole rings is 1. The lowest BCUT2D eigenvalue weighted by Gasteiger charge is -2.13. The van der Waals surface area contributed by atoms with Crippen LogP contribution in [0, 0.1) is 0 Å². The van der Waals surface area contributed by atoms with Crippen LogP contribution in [-0.2, 0) is 24.9 Å². The summed E-state index contributed by atoms with van der Waals surface area (Å²) in [5.74, 6) is 2.59. The fourth-order valence-corrected chi connectivity index (χ4v) is 6.47. The normalized spacial score (nSPS) is 14.3. The number of rotatable bonds is 9. The van der Waals surface area contributed by atoms with E-state index in [0.717, 1.165) is 56.3 Å². The maximum Gasteiger partial charge on any atom is 0.286 e. The van der Waals surface area contributed by atoms with E-state index in [1.165, 1.54) is 0 Å². The number of nitrogens with zero attached hydrogens (tertiary/aromatic N) is 2. The van der Waals surface area contributed by atoms with Gasteiger partial charge in [-0.1, -0.05) is 60.3 Å². The van der Waals surface area contributed by atoms with Crippen molar-refractivity contribution in [2.75, 3.05) is 10.6 Å². The lowest BCUT2D eigenvalue weighted by Crippen LogP contribution is -2.25. The number of thiocarbonyl (C=S) groups is 1. The summed E-state index contributed by atoms with van der Waals surface area (Å²) in [4.78, 5) is 28.0. The molecule has 47 heavy (non-hydrogen) atoms. The van der Waals surface area contributed by atoms with Crippen molar-refractivity contribution in [3.8, 4) is 17.2 Å². The van der Waals surface area contributed by atoms with Gasteiger partial charge in [-0.25, -0.2) is 4.98 Å². The molecule has 1 fully saturated rings. The zero-order chi connectivity index (χ0) is 32.3. The number of thioether (sulfide) groups is 1. The molecule has 6 aromatic rings. The van der Waals surface area contributed by atoms with Crippen LogP contribution in [0.5, 0.6) is 17.2 Å². The average molecular weight is 660 g/mol. The minimum Gasteiger partial charge on any atom is -0.486 e. The van der Waals surface area contributed by atoms with Crippen LogP contribution in [-0.4, -0.2) is 31.1 Å². The predicted octanol–water partition coefficient (Wildman–Crippen LogP) is 7.80. The summed E-state index contributed by atoms with van der Waals surface area (Å²) in [6.45, 7) is 0.280. The molecule has 234 valence electrons. The summed E-state index contributed by atoms with van der Waals surface area (Å²) >= 11 is 6.59. The van der Waals surface area contributed by atoms with E-state index in [9.17, 15) is 9.59 Å². The molecule has 5 aromatic carbocycles. The SMILES string of the molecule is Cn1c(COc2ccc(CC3SC(=O)NC3=O)cc2)nc2ccc(Oc3ccc(NC(=S)Nc4cccc5ccccc45)cc3)cc21. The summed E-state index contributed by atoms with van der Waals surface area (Å²) < 4.78 is 14.2. The number of amides is 2. The number of fused-ring (bicyclic) bond motifs is 2. The van der Waals surface area contributed by atoms with Gasteiger partial charge in [0.25, 0.3) is 5.24 Å². The predicted molar refractivity (Wildman–Crippen MR) is 190 cm³/mol. The number of hydrogen-bond acceptors (Lipinski definition) is 7. The largest absolute Gasteiger partial charge is 0.486 e. The molecular formula is C36H29N5O4S2. The molecular weight excluding hydrogens is 631 g/mol. The number of nitrogens with one attached hydrogen (secondary N) is 3. The number of carbonyl (C=O) groups excluding carboxylic acids is 2. The minimum absolute atomic E-state index is 0.243. The van der Waals surface area contributed by atoms with Gasteiger partial charge in [0.1, 0.15) is 29.7 Å². The van der Waals surface area contributed by atoms with Crippen molar-refractivity contribution < 1.29 is 19.1 Å². The molecule has 3 N–H and O–H groups in total. The highest BCUT2D eigenvalue weighted by atomic mass is 32.2. The molecule has 11 heteroatoms. The summed E-state index contributed by atoms with van der Waals surface area (Å²) in [5, 5.41) is 10.9. The van der Waals surface area contributed by atoms with Gasteiger partial charge in [0, 0.05) is 29.9 Å². The summed E-state index contributed by atoms with van der Waals surface area (Å²) in [6, 6.07) is 35.2. The van der Waals surface area contributed by atoms with Crippen LogP contribution in [0.4, 0.5) is 16.2 Å². The summed E-state index contributed by atoms with van der Waals surface area (Å²) in [7, 11) is 1.95. The molecule has 0 aliphatic carbocycles. The number of aryl methyl sites for hydroxylation is 1. The fourth-order valence-electron chi connectivity index (χ4n) is 5.38. The van der Waals surface area contributed by atoms with Crippen molar-refractivity contribution in [3.05, 3.63) is 121 Å². The first-order chi connectivity index (χ1) is 22.9. The quantitative estimate of drug-likeness (QED) is 0.134. The third-order valence-electron chi connectivity index (χ3n) is 7.81. The molecule has 0 bridgehead atoms. The molecule has 2 amide bonds. The Kier molecular flexibility index (Phi) is 8.47. The number of imide groups is 1. The van der Waals surface area contributed by atoms with E-state index < -0.39 is 5.25 Å². The number of aromatic nitrogens is 2. The molecule has 9 nitrogen and oxygen atoms in total. The maximum atomic E-state index is 11.9. The molecule has 0 saturated carbocycles. The van der Waals surface area contributed by atoms with E-state index in [2.05, 4.69) is 34.1 Å². The first kappa shape index (κ1) is 30.3. The number of ether oxygens (including phenoxy) is 2. The number of benzene rings is 5. The van der Waals surface area contributed by atoms with E-state index in [4.69, 9.17) is 26.7 Å². The van der Waals surface area contributed by atoms with Gasteiger partial charge in [0.2, 0.25) is 5.91 Å². The number of hydrogen-bond donors (Lipinski definition) is 3. The highest BCUT2D eigenvalue weighted by molar-refractivity contribution is 8.15. The lowest BCUT2D eigenvalue weighted by atomic mass is 10.1. The fraction of sp³-hybridized carbons (Fsp3) is 0.111. The van der Waals surface area contributed by atoms with Crippen LogP contribution in [0.3, 0.4) is 0 Å². The number of carbonyl (C=O) groups is 2. The second kappa shape index (κ2) is 13.1. The van der Waals surface area contributed by atoms with Crippen LogP contribution in [0.15, 0.2) is 109 Å². The van der Waals surface area contributed by atoms with Crippen LogP contribution in [0.2, 0.25) is 0 Å².